The molecule has 27 heavy (non-hydrogen) atoms. The minimum absolute atomic E-state index is 0.191. The van der Waals surface area contributed by atoms with Crippen molar-refractivity contribution in [3.05, 3.63) is 53.7 Å². The predicted octanol–water partition coefficient (Wildman–Crippen LogP) is 3.02. The summed E-state index contributed by atoms with van der Waals surface area (Å²) in [6.45, 7) is 1.33. The van der Waals surface area contributed by atoms with Gasteiger partial charge in [0.05, 0.1) is 0 Å². The quantitative estimate of drug-likeness (QED) is 0.757. The molecule has 0 radical (unpaired) electrons. The summed E-state index contributed by atoms with van der Waals surface area (Å²) in [4.78, 5) is 14.6. The van der Waals surface area contributed by atoms with Crippen LogP contribution in [0.4, 0.5) is 5.69 Å². The van der Waals surface area contributed by atoms with Crippen molar-refractivity contribution in [3.8, 4) is 28.5 Å². The molecule has 0 bridgehead atoms. The Labute approximate surface area is 155 Å². The molecule has 0 fully saturated rings. The monoisotopic (exact) mass is 363 g/mol. The zero-order valence-electron chi connectivity index (χ0n) is 14.7. The first-order chi connectivity index (χ1) is 13.2. The summed E-state index contributed by atoms with van der Waals surface area (Å²) in [5.74, 6) is 1.91. The number of fused-ring (bicyclic) bond motifs is 4. The lowest BCUT2D eigenvalue weighted by Gasteiger charge is -2.23. The highest BCUT2D eigenvalue weighted by Crippen LogP contribution is 2.38. The zero-order valence-corrected chi connectivity index (χ0v) is 14.7. The number of carbonyl (C=O) groups excluding carboxylic acids is 1. The maximum absolute atomic E-state index is 13.1. The van der Waals surface area contributed by atoms with Crippen LogP contribution < -0.4 is 19.1 Å². The molecule has 0 aliphatic carbocycles. The second kappa shape index (κ2) is 6.05. The smallest absolute Gasteiger partial charge is 0.276 e. The zero-order chi connectivity index (χ0) is 18.4. The van der Waals surface area contributed by atoms with E-state index in [-0.39, 0.29) is 5.91 Å². The van der Waals surface area contributed by atoms with Gasteiger partial charge in [-0.1, -0.05) is 12.1 Å². The van der Waals surface area contributed by atoms with Crippen LogP contribution in [0.2, 0.25) is 0 Å². The standard InChI is InChI=1S/C20H17N3O4/c1-23(12-6-7-16-17(10-12)26-9-8-25-16)20(24)19-14-11-27-15-5-3-2-4-13(15)18(14)21-22-19/h2-7,10H,8-9,11H2,1H3,(H,21,22). The van der Waals surface area contributed by atoms with E-state index < -0.39 is 0 Å². The Bertz CT molecular complexity index is 1040. The van der Waals surface area contributed by atoms with E-state index in [2.05, 4.69) is 10.2 Å². The van der Waals surface area contributed by atoms with Crippen LogP contribution in [0.1, 0.15) is 16.1 Å². The maximum Gasteiger partial charge on any atom is 0.276 e. The number of H-pyrrole nitrogens is 1. The third kappa shape index (κ3) is 2.51. The van der Waals surface area contributed by atoms with Crippen LogP contribution in [-0.2, 0) is 6.61 Å². The Balaban J connectivity index is 1.48. The average molecular weight is 363 g/mol. The minimum atomic E-state index is -0.191. The van der Waals surface area contributed by atoms with Gasteiger partial charge in [-0.05, 0) is 24.3 Å². The average Bonchev–Trinajstić information content (AvgIpc) is 3.17. The molecule has 0 atom stereocenters. The van der Waals surface area contributed by atoms with Gasteiger partial charge in [-0.2, -0.15) is 5.10 Å². The molecule has 1 N–H and O–H groups in total. The second-order valence-electron chi connectivity index (χ2n) is 6.40. The van der Waals surface area contributed by atoms with Gasteiger partial charge in [0.2, 0.25) is 0 Å². The molecule has 1 aromatic heterocycles. The van der Waals surface area contributed by atoms with Gasteiger partial charge < -0.3 is 19.1 Å². The summed E-state index contributed by atoms with van der Waals surface area (Å²) in [5, 5.41) is 7.26. The van der Waals surface area contributed by atoms with Gasteiger partial charge in [0.25, 0.3) is 5.91 Å². The number of nitrogens with one attached hydrogen (secondary N) is 1. The Kier molecular flexibility index (Phi) is 3.53. The largest absolute Gasteiger partial charge is 0.488 e. The van der Waals surface area contributed by atoms with Crippen LogP contribution in [0.25, 0.3) is 11.3 Å². The van der Waals surface area contributed by atoms with E-state index in [1.807, 2.05) is 36.4 Å². The van der Waals surface area contributed by atoms with Crippen molar-refractivity contribution >= 4 is 11.6 Å². The molecule has 0 unspecified atom stereocenters. The van der Waals surface area contributed by atoms with Crippen LogP contribution in [0, 0.1) is 0 Å². The number of amides is 1. The molecule has 0 spiro atoms. The summed E-state index contributed by atoms with van der Waals surface area (Å²) in [5.41, 5.74) is 3.55. The van der Waals surface area contributed by atoms with Gasteiger partial charge in [0.1, 0.15) is 37.0 Å². The second-order valence-corrected chi connectivity index (χ2v) is 6.40. The first-order valence-electron chi connectivity index (χ1n) is 8.69. The molecule has 1 amide bonds. The van der Waals surface area contributed by atoms with Crippen molar-refractivity contribution < 1.29 is 19.0 Å². The fourth-order valence-corrected chi connectivity index (χ4v) is 3.37. The van der Waals surface area contributed by atoms with Gasteiger partial charge in [-0.15, -0.1) is 0 Å². The van der Waals surface area contributed by atoms with Crippen molar-refractivity contribution in [2.24, 2.45) is 0 Å². The van der Waals surface area contributed by atoms with Gasteiger partial charge in [0.15, 0.2) is 11.5 Å². The molecular weight excluding hydrogens is 346 g/mol. The highest BCUT2D eigenvalue weighted by Gasteiger charge is 2.28. The highest BCUT2D eigenvalue weighted by atomic mass is 16.6. The molecule has 5 rings (SSSR count). The summed E-state index contributed by atoms with van der Waals surface area (Å²) < 4.78 is 16.9. The lowest BCUT2D eigenvalue weighted by Crippen LogP contribution is -2.28. The summed E-state index contributed by atoms with van der Waals surface area (Å²) in [7, 11) is 1.72. The SMILES string of the molecule is CN(C(=O)c1[nH]nc2c1COc1ccccc1-2)c1ccc2c(c1)OCCO2. The number of benzene rings is 2. The number of nitrogens with zero attached hydrogens (tertiary/aromatic N) is 2. The molecule has 0 saturated carbocycles. The number of carbonyl (C=O) groups is 1. The van der Waals surface area contributed by atoms with Crippen LogP contribution in [0.3, 0.4) is 0 Å². The van der Waals surface area contributed by atoms with E-state index in [4.69, 9.17) is 14.2 Å². The molecule has 3 aromatic rings. The van der Waals surface area contributed by atoms with Gasteiger partial charge >= 0.3 is 0 Å². The number of rotatable bonds is 2. The van der Waals surface area contributed by atoms with Crippen molar-refractivity contribution in [2.75, 3.05) is 25.2 Å². The summed E-state index contributed by atoms with van der Waals surface area (Å²) >= 11 is 0. The third-order valence-electron chi connectivity index (χ3n) is 4.81. The molecule has 2 aliphatic rings. The van der Waals surface area contributed by atoms with Crippen LogP contribution in [0.15, 0.2) is 42.5 Å². The molecule has 2 aromatic carbocycles. The van der Waals surface area contributed by atoms with E-state index in [0.717, 1.165) is 22.6 Å². The Morgan fingerprint density at radius 3 is 2.74 bits per heavy atom. The van der Waals surface area contributed by atoms with E-state index >= 15 is 0 Å². The number of hydrogen-bond donors (Lipinski definition) is 1. The molecule has 0 saturated heterocycles. The number of aromatic amines is 1. The first kappa shape index (κ1) is 15.7. The van der Waals surface area contributed by atoms with Gasteiger partial charge in [-0.3, -0.25) is 9.89 Å². The van der Waals surface area contributed by atoms with E-state index in [0.29, 0.717) is 42.7 Å². The minimum Gasteiger partial charge on any atom is -0.488 e. The molecule has 7 heteroatoms. The van der Waals surface area contributed by atoms with E-state index in [9.17, 15) is 4.79 Å². The topological polar surface area (TPSA) is 76.7 Å². The fourth-order valence-electron chi connectivity index (χ4n) is 3.37. The number of anilines is 1. The Morgan fingerprint density at radius 2 is 1.85 bits per heavy atom. The van der Waals surface area contributed by atoms with Crippen molar-refractivity contribution in [3.63, 3.8) is 0 Å². The molecule has 136 valence electrons. The number of ether oxygens (including phenoxy) is 3. The maximum atomic E-state index is 13.1. The first-order valence-corrected chi connectivity index (χ1v) is 8.69. The molecule has 3 heterocycles. The number of hydrogen-bond acceptors (Lipinski definition) is 5. The summed E-state index contributed by atoms with van der Waals surface area (Å²) in [6, 6.07) is 13.1. The van der Waals surface area contributed by atoms with Crippen LogP contribution in [0.5, 0.6) is 17.2 Å². The van der Waals surface area contributed by atoms with Crippen molar-refractivity contribution in [2.45, 2.75) is 6.61 Å². The highest BCUT2D eigenvalue weighted by molar-refractivity contribution is 6.06. The van der Waals surface area contributed by atoms with E-state index in [1.54, 1.807) is 18.0 Å². The van der Waals surface area contributed by atoms with E-state index in [1.165, 1.54) is 0 Å². The lowest BCUT2D eigenvalue weighted by molar-refractivity contribution is 0.0985. The Morgan fingerprint density at radius 1 is 1.04 bits per heavy atom. The number of aromatic nitrogens is 2. The summed E-state index contributed by atoms with van der Waals surface area (Å²) in [6.07, 6.45) is 0. The van der Waals surface area contributed by atoms with Crippen molar-refractivity contribution in [1.82, 2.24) is 10.2 Å². The van der Waals surface area contributed by atoms with Gasteiger partial charge in [0, 0.05) is 29.9 Å². The Hall–Kier alpha value is -3.48. The molecule has 7 nitrogen and oxygen atoms in total. The number of para-hydroxylation sites is 1. The van der Waals surface area contributed by atoms with Crippen LogP contribution in [-0.4, -0.2) is 36.4 Å². The van der Waals surface area contributed by atoms with Crippen molar-refractivity contribution in [1.29, 1.82) is 0 Å². The van der Waals surface area contributed by atoms with Gasteiger partial charge in [-0.25, -0.2) is 0 Å². The lowest BCUT2D eigenvalue weighted by atomic mass is 10.0. The fraction of sp³-hybridized carbons (Fsp3) is 0.200. The normalized spacial score (nSPS) is 14.0. The molecular formula is C20H17N3O4. The molecule has 2 aliphatic heterocycles. The third-order valence-corrected chi connectivity index (χ3v) is 4.81. The predicted molar refractivity (Wildman–Crippen MR) is 98.5 cm³/mol. The van der Waals surface area contributed by atoms with Crippen LogP contribution >= 0.6 is 0 Å².